The molecule has 2 atom stereocenters. The summed E-state index contributed by atoms with van der Waals surface area (Å²) in [5.41, 5.74) is 0.736. The summed E-state index contributed by atoms with van der Waals surface area (Å²) >= 11 is 7.70. The first-order chi connectivity index (χ1) is 11.7. The molecule has 128 valence electrons. The zero-order chi connectivity index (χ0) is 16.8. The number of thiophene rings is 1. The van der Waals surface area contributed by atoms with E-state index in [0.29, 0.717) is 11.6 Å². The summed E-state index contributed by atoms with van der Waals surface area (Å²) in [6.45, 7) is 2.97. The largest absolute Gasteiger partial charge is 0.372 e. The van der Waals surface area contributed by atoms with Crippen molar-refractivity contribution in [1.82, 2.24) is 0 Å². The van der Waals surface area contributed by atoms with E-state index >= 15 is 0 Å². The fraction of sp³-hybridized carbons (Fsp3) is 0.389. The lowest BCUT2D eigenvalue weighted by atomic mass is 10.2. The van der Waals surface area contributed by atoms with Gasteiger partial charge < -0.3 is 15.0 Å². The number of quaternary nitrogens is 1. The Labute approximate surface area is 151 Å². The van der Waals surface area contributed by atoms with Crippen molar-refractivity contribution in [2.24, 2.45) is 0 Å². The van der Waals surface area contributed by atoms with Gasteiger partial charge in [0.15, 0.2) is 6.54 Å². The molecule has 4 nitrogen and oxygen atoms in total. The minimum Gasteiger partial charge on any atom is -0.372 e. The number of rotatable bonds is 7. The standard InChI is InChI=1S/C18H21ClN2O2S/c19-14-4-1-5-15(10-14)20-18(22)13-21(11-16-6-2-8-23-16)12-17-7-3-9-24-17/h1,3-5,7,9-10,16H,2,6,8,11-13H2,(H,20,22)/p+1/t16-/m0/s1. The second-order valence-corrected chi connectivity index (χ2v) is 7.55. The molecule has 0 saturated carbocycles. The third-order valence-corrected chi connectivity index (χ3v) is 5.18. The number of nitrogens with one attached hydrogen (secondary N) is 2. The summed E-state index contributed by atoms with van der Waals surface area (Å²) in [6.07, 6.45) is 2.47. The second kappa shape index (κ2) is 8.62. The van der Waals surface area contributed by atoms with Crippen molar-refractivity contribution in [2.75, 3.05) is 25.0 Å². The van der Waals surface area contributed by atoms with E-state index in [1.807, 2.05) is 12.1 Å². The van der Waals surface area contributed by atoms with Crippen LogP contribution in [0.25, 0.3) is 0 Å². The molecule has 1 saturated heterocycles. The van der Waals surface area contributed by atoms with Gasteiger partial charge in [-0.15, -0.1) is 11.3 Å². The first kappa shape index (κ1) is 17.4. The molecule has 6 heteroatoms. The summed E-state index contributed by atoms with van der Waals surface area (Å²) in [6, 6.07) is 11.4. The molecule has 3 rings (SSSR count). The van der Waals surface area contributed by atoms with Crippen LogP contribution in [0.2, 0.25) is 5.02 Å². The Kier molecular flexibility index (Phi) is 6.26. The molecule has 0 spiro atoms. The summed E-state index contributed by atoms with van der Waals surface area (Å²) in [5, 5.41) is 5.63. The van der Waals surface area contributed by atoms with Crippen LogP contribution in [0.4, 0.5) is 5.69 Å². The SMILES string of the molecule is O=C(C[NH+](Cc1cccs1)C[C@@H]1CCCO1)Nc1cccc(Cl)c1. The van der Waals surface area contributed by atoms with Crippen molar-refractivity contribution < 1.29 is 14.4 Å². The highest BCUT2D eigenvalue weighted by molar-refractivity contribution is 7.09. The summed E-state index contributed by atoms with van der Waals surface area (Å²) in [7, 11) is 0. The predicted molar refractivity (Wildman–Crippen MR) is 97.8 cm³/mol. The minimum atomic E-state index is 0.00168. The Morgan fingerprint density at radius 2 is 2.29 bits per heavy atom. The van der Waals surface area contributed by atoms with Crippen molar-refractivity contribution in [3.05, 3.63) is 51.7 Å². The van der Waals surface area contributed by atoms with Gasteiger partial charge in [0, 0.05) is 17.3 Å². The number of carbonyl (C=O) groups excluding carboxylic acids is 1. The van der Waals surface area contributed by atoms with E-state index in [2.05, 4.69) is 22.8 Å². The lowest BCUT2D eigenvalue weighted by Gasteiger charge is -2.21. The van der Waals surface area contributed by atoms with E-state index in [0.717, 1.165) is 38.2 Å². The number of hydrogen-bond acceptors (Lipinski definition) is 3. The maximum atomic E-state index is 12.4. The Morgan fingerprint density at radius 3 is 3.00 bits per heavy atom. The van der Waals surface area contributed by atoms with Gasteiger partial charge in [0.25, 0.3) is 5.91 Å². The van der Waals surface area contributed by atoms with Crippen molar-refractivity contribution in [1.29, 1.82) is 0 Å². The number of benzene rings is 1. The molecule has 2 N–H and O–H groups in total. The van der Waals surface area contributed by atoms with Gasteiger partial charge in [-0.1, -0.05) is 23.7 Å². The lowest BCUT2D eigenvalue weighted by molar-refractivity contribution is -0.908. The van der Waals surface area contributed by atoms with Gasteiger partial charge in [-0.05, 0) is 42.5 Å². The molecular weight excluding hydrogens is 344 g/mol. The third-order valence-electron chi connectivity index (χ3n) is 4.06. The molecule has 2 aromatic rings. The molecule has 0 aliphatic carbocycles. The number of anilines is 1. The van der Waals surface area contributed by atoms with Crippen LogP contribution in [0.3, 0.4) is 0 Å². The van der Waals surface area contributed by atoms with Crippen LogP contribution in [-0.2, 0) is 16.1 Å². The molecule has 1 aromatic carbocycles. The van der Waals surface area contributed by atoms with Crippen LogP contribution in [0, 0.1) is 0 Å². The van der Waals surface area contributed by atoms with Crippen LogP contribution in [0.5, 0.6) is 0 Å². The number of halogens is 1. The van der Waals surface area contributed by atoms with Gasteiger partial charge in [0.05, 0.1) is 4.88 Å². The van der Waals surface area contributed by atoms with Gasteiger partial charge in [-0.2, -0.15) is 0 Å². The van der Waals surface area contributed by atoms with Crippen molar-refractivity contribution in [2.45, 2.75) is 25.5 Å². The average molecular weight is 366 g/mol. The molecule has 0 radical (unpaired) electrons. The Bertz CT molecular complexity index is 657. The monoisotopic (exact) mass is 365 g/mol. The molecule has 1 aliphatic heterocycles. The first-order valence-electron chi connectivity index (χ1n) is 8.22. The molecule has 1 unspecified atom stereocenters. The molecule has 1 fully saturated rings. The van der Waals surface area contributed by atoms with Crippen LogP contribution in [0.15, 0.2) is 41.8 Å². The molecule has 24 heavy (non-hydrogen) atoms. The zero-order valence-electron chi connectivity index (χ0n) is 13.5. The molecule has 1 aliphatic rings. The van der Waals surface area contributed by atoms with Crippen LogP contribution in [0.1, 0.15) is 17.7 Å². The van der Waals surface area contributed by atoms with Gasteiger partial charge in [-0.25, -0.2) is 0 Å². The smallest absolute Gasteiger partial charge is 0.279 e. The minimum absolute atomic E-state index is 0.00168. The van der Waals surface area contributed by atoms with Crippen molar-refractivity contribution >= 4 is 34.5 Å². The molecular formula is C18H22ClN2O2S+. The molecule has 1 amide bonds. The van der Waals surface area contributed by atoms with E-state index in [1.54, 1.807) is 23.5 Å². The topological polar surface area (TPSA) is 42.8 Å². The van der Waals surface area contributed by atoms with Crippen molar-refractivity contribution in [3.63, 3.8) is 0 Å². The van der Waals surface area contributed by atoms with Crippen molar-refractivity contribution in [3.8, 4) is 0 Å². The number of hydrogen-bond donors (Lipinski definition) is 2. The van der Waals surface area contributed by atoms with Gasteiger partial charge in [0.2, 0.25) is 0 Å². The maximum Gasteiger partial charge on any atom is 0.279 e. The lowest BCUT2D eigenvalue weighted by Crippen LogP contribution is -3.12. The van der Waals surface area contributed by atoms with Gasteiger partial charge in [0.1, 0.15) is 19.2 Å². The van der Waals surface area contributed by atoms with E-state index in [-0.39, 0.29) is 12.0 Å². The first-order valence-corrected chi connectivity index (χ1v) is 9.48. The molecule has 2 heterocycles. The van der Waals surface area contributed by atoms with Crippen LogP contribution < -0.4 is 10.2 Å². The van der Waals surface area contributed by atoms with Gasteiger partial charge in [-0.3, -0.25) is 4.79 Å². The fourth-order valence-electron chi connectivity index (χ4n) is 2.99. The summed E-state index contributed by atoms with van der Waals surface area (Å²) in [4.78, 5) is 14.9. The van der Waals surface area contributed by atoms with E-state index in [4.69, 9.17) is 16.3 Å². The second-order valence-electron chi connectivity index (χ2n) is 6.08. The van der Waals surface area contributed by atoms with Crippen LogP contribution >= 0.6 is 22.9 Å². The number of carbonyl (C=O) groups is 1. The van der Waals surface area contributed by atoms with Crippen LogP contribution in [-0.4, -0.2) is 31.7 Å². The highest BCUT2D eigenvalue weighted by Gasteiger charge is 2.24. The Hall–Kier alpha value is -1.40. The Balaban J connectivity index is 1.60. The average Bonchev–Trinajstić information content (AvgIpc) is 3.21. The zero-order valence-corrected chi connectivity index (χ0v) is 15.0. The number of amides is 1. The molecule has 1 aromatic heterocycles. The highest BCUT2D eigenvalue weighted by atomic mass is 35.5. The summed E-state index contributed by atoms with van der Waals surface area (Å²) in [5.74, 6) is 0.00168. The molecule has 0 bridgehead atoms. The van der Waals surface area contributed by atoms with E-state index in [9.17, 15) is 4.79 Å². The fourth-order valence-corrected chi connectivity index (χ4v) is 3.96. The quantitative estimate of drug-likeness (QED) is 0.792. The van der Waals surface area contributed by atoms with E-state index < -0.39 is 0 Å². The van der Waals surface area contributed by atoms with Gasteiger partial charge >= 0.3 is 0 Å². The highest BCUT2D eigenvalue weighted by Crippen LogP contribution is 2.14. The maximum absolute atomic E-state index is 12.4. The van der Waals surface area contributed by atoms with E-state index in [1.165, 1.54) is 9.78 Å². The third kappa shape index (κ3) is 5.31. The number of ether oxygens (including phenoxy) is 1. The normalized spacial score (nSPS) is 18.5. The predicted octanol–water partition coefficient (Wildman–Crippen LogP) is 2.60. The summed E-state index contributed by atoms with van der Waals surface area (Å²) < 4.78 is 5.75. The Morgan fingerprint density at radius 1 is 1.38 bits per heavy atom.